The number of carbonyl (C=O) groups excluding carboxylic acids is 1. The molecular weight excluding hydrogens is 314 g/mol. The average molecular weight is 332 g/mol. The molecule has 0 aliphatic carbocycles. The number of rotatable bonds is 4. The molecule has 1 fully saturated rings. The highest BCUT2D eigenvalue weighted by atomic mass is 19.2. The van der Waals surface area contributed by atoms with Crippen molar-refractivity contribution in [3.05, 3.63) is 59.9 Å². The first kappa shape index (κ1) is 16.5. The molecule has 2 N–H and O–H groups in total. The summed E-state index contributed by atoms with van der Waals surface area (Å²) < 4.78 is 26.2. The molecule has 0 bridgehead atoms. The van der Waals surface area contributed by atoms with Crippen LogP contribution in [-0.2, 0) is 4.79 Å². The number of pyridine rings is 1. The second-order valence-corrected chi connectivity index (χ2v) is 5.65. The van der Waals surface area contributed by atoms with Crippen LogP contribution < -0.4 is 10.6 Å². The predicted octanol–water partition coefficient (Wildman–Crippen LogP) is 1.94. The molecule has 0 spiro atoms. The molecule has 1 aromatic heterocycles. The summed E-state index contributed by atoms with van der Waals surface area (Å²) in [7, 11) is 0. The molecule has 1 amide bonds. The molecule has 7 heteroatoms. The molecule has 2 aromatic rings. The van der Waals surface area contributed by atoms with Crippen LogP contribution in [-0.4, -0.2) is 42.0 Å². The van der Waals surface area contributed by atoms with Crippen LogP contribution in [0.25, 0.3) is 0 Å². The Morgan fingerprint density at radius 3 is 2.96 bits per heavy atom. The minimum Gasteiger partial charge on any atom is -0.325 e. The van der Waals surface area contributed by atoms with Gasteiger partial charge in [-0.15, -0.1) is 0 Å². The maximum Gasteiger partial charge on any atom is 0.238 e. The van der Waals surface area contributed by atoms with Gasteiger partial charge in [-0.3, -0.25) is 14.7 Å². The summed E-state index contributed by atoms with van der Waals surface area (Å²) in [5.41, 5.74) is 1.28. The largest absolute Gasteiger partial charge is 0.325 e. The Labute approximate surface area is 138 Å². The van der Waals surface area contributed by atoms with E-state index in [1.807, 2.05) is 17.0 Å². The topological polar surface area (TPSA) is 57.3 Å². The van der Waals surface area contributed by atoms with Gasteiger partial charge in [0.15, 0.2) is 11.6 Å². The van der Waals surface area contributed by atoms with Crippen LogP contribution in [0.2, 0.25) is 0 Å². The van der Waals surface area contributed by atoms with E-state index < -0.39 is 11.6 Å². The molecule has 24 heavy (non-hydrogen) atoms. The number of amides is 1. The van der Waals surface area contributed by atoms with E-state index in [1.54, 1.807) is 12.4 Å². The number of hydrogen-bond donors (Lipinski definition) is 2. The smallest absolute Gasteiger partial charge is 0.238 e. The molecule has 1 aliphatic heterocycles. The lowest BCUT2D eigenvalue weighted by Crippen LogP contribution is -2.48. The quantitative estimate of drug-likeness (QED) is 0.898. The normalized spacial score (nSPS) is 18.3. The van der Waals surface area contributed by atoms with Crippen molar-refractivity contribution in [2.75, 3.05) is 31.5 Å². The Bertz CT molecular complexity index is 711. The fraction of sp³-hybridized carbons (Fsp3) is 0.294. The third-order valence-electron chi connectivity index (χ3n) is 3.97. The maximum atomic E-state index is 13.2. The first-order valence-corrected chi connectivity index (χ1v) is 7.73. The SMILES string of the molecule is O=C(CN1CCNCC1c1cccnc1)Nc1ccc(F)c(F)c1. The lowest BCUT2D eigenvalue weighted by atomic mass is 10.1. The third-order valence-corrected chi connectivity index (χ3v) is 3.97. The van der Waals surface area contributed by atoms with E-state index in [4.69, 9.17) is 0 Å². The number of aromatic nitrogens is 1. The zero-order valence-corrected chi connectivity index (χ0v) is 13.0. The molecule has 1 aromatic carbocycles. The number of halogens is 2. The van der Waals surface area contributed by atoms with Crippen LogP contribution >= 0.6 is 0 Å². The molecular formula is C17H18F2N4O. The fourth-order valence-corrected chi connectivity index (χ4v) is 2.80. The number of nitrogens with zero attached hydrogens (tertiary/aromatic N) is 2. The van der Waals surface area contributed by atoms with E-state index in [0.717, 1.165) is 30.8 Å². The van der Waals surface area contributed by atoms with Crippen molar-refractivity contribution in [2.24, 2.45) is 0 Å². The Morgan fingerprint density at radius 2 is 2.21 bits per heavy atom. The van der Waals surface area contributed by atoms with Crippen LogP contribution in [0.3, 0.4) is 0 Å². The number of nitrogens with one attached hydrogen (secondary N) is 2. The summed E-state index contributed by atoms with van der Waals surface area (Å²) in [6, 6.07) is 7.20. The van der Waals surface area contributed by atoms with E-state index >= 15 is 0 Å². The molecule has 1 unspecified atom stereocenters. The molecule has 1 atom stereocenters. The molecule has 0 radical (unpaired) electrons. The van der Waals surface area contributed by atoms with Crippen molar-refractivity contribution >= 4 is 11.6 Å². The van der Waals surface area contributed by atoms with Crippen molar-refractivity contribution in [2.45, 2.75) is 6.04 Å². The van der Waals surface area contributed by atoms with E-state index in [2.05, 4.69) is 15.6 Å². The lowest BCUT2D eigenvalue weighted by Gasteiger charge is -2.35. The highest BCUT2D eigenvalue weighted by Crippen LogP contribution is 2.21. The highest BCUT2D eigenvalue weighted by Gasteiger charge is 2.25. The van der Waals surface area contributed by atoms with Crippen LogP contribution in [0.4, 0.5) is 14.5 Å². The number of anilines is 1. The van der Waals surface area contributed by atoms with Gasteiger partial charge in [0, 0.05) is 49.8 Å². The summed E-state index contributed by atoms with van der Waals surface area (Å²) in [6.45, 7) is 2.39. The average Bonchev–Trinajstić information content (AvgIpc) is 2.59. The first-order chi connectivity index (χ1) is 11.6. The van der Waals surface area contributed by atoms with E-state index in [9.17, 15) is 13.6 Å². The van der Waals surface area contributed by atoms with Gasteiger partial charge < -0.3 is 10.6 Å². The summed E-state index contributed by atoms with van der Waals surface area (Å²) in [4.78, 5) is 18.4. The second kappa shape index (κ2) is 7.46. The van der Waals surface area contributed by atoms with Gasteiger partial charge in [0.05, 0.1) is 6.54 Å². The van der Waals surface area contributed by atoms with Gasteiger partial charge in [0.1, 0.15) is 0 Å². The summed E-state index contributed by atoms with van der Waals surface area (Å²) >= 11 is 0. The minimum absolute atomic E-state index is 0.0446. The van der Waals surface area contributed by atoms with E-state index in [1.165, 1.54) is 6.07 Å². The predicted molar refractivity (Wildman–Crippen MR) is 86.4 cm³/mol. The van der Waals surface area contributed by atoms with Crippen molar-refractivity contribution in [1.29, 1.82) is 0 Å². The summed E-state index contributed by atoms with van der Waals surface area (Å²) in [6.07, 6.45) is 3.50. The van der Waals surface area contributed by atoms with Crippen molar-refractivity contribution in [3.63, 3.8) is 0 Å². The van der Waals surface area contributed by atoms with Crippen LogP contribution in [0.1, 0.15) is 11.6 Å². The number of carbonyl (C=O) groups is 1. The molecule has 3 rings (SSSR count). The number of piperazine rings is 1. The van der Waals surface area contributed by atoms with Crippen LogP contribution in [0.5, 0.6) is 0 Å². The molecule has 126 valence electrons. The van der Waals surface area contributed by atoms with Crippen molar-refractivity contribution in [3.8, 4) is 0 Å². The van der Waals surface area contributed by atoms with Crippen molar-refractivity contribution in [1.82, 2.24) is 15.2 Å². The van der Waals surface area contributed by atoms with Gasteiger partial charge >= 0.3 is 0 Å². The fourth-order valence-electron chi connectivity index (χ4n) is 2.80. The Hall–Kier alpha value is -2.38. The van der Waals surface area contributed by atoms with Crippen LogP contribution in [0, 0.1) is 11.6 Å². The molecule has 0 saturated carbocycles. The second-order valence-electron chi connectivity index (χ2n) is 5.65. The van der Waals surface area contributed by atoms with Gasteiger partial charge in [-0.1, -0.05) is 6.07 Å². The maximum absolute atomic E-state index is 13.2. The molecule has 1 saturated heterocycles. The summed E-state index contributed by atoms with van der Waals surface area (Å²) in [5, 5.41) is 5.91. The lowest BCUT2D eigenvalue weighted by molar-refractivity contribution is -0.118. The molecule has 1 aliphatic rings. The van der Waals surface area contributed by atoms with Gasteiger partial charge in [0.25, 0.3) is 0 Å². The third kappa shape index (κ3) is 3.93. The van der Waals surface area contributed by atoms with Gasteiger partial charge in [0.2, 0.25) is 5.91 Å². The standard InChI is InChI=1S/C17H18F2N4O/c18-14-4-3-13(8-15(14)19)22-17(24)11-23-7-6-21-10-16(23)12-2-1-5-20-9-12/h1-5,8-9,16,21H,6-7,10-11H2,(H,22,24). The first-order valence-electron chi connectivity index (χ1n) is 7.73. The van der Waals surface area contributed by atoms with E-state index in [0.29, 0.717) is 6.54 Å². The Balaban J connectivity index is 1.66. The van der Waals surface area contributed by atoms with Gasteiger partial charge in [-0.05, 0) is 23.8 Å². The van der Waals surface area contributed by atoms with Gasteiger partial charge in [-0.2, -0.15) is 0 Å². The molecule has 5 nitrogen and oxygen atoms in total. The summed E-state index contributed by atoms with van der Waals surface area (Å²) in [5.74, 6) is -2.19. The Morgan fingerprint density at radius 1 is 1.33 bits per heavy atom. The monoisotopic (exact) mass is 332 g/mol. The molecule has 2 heterocycles. The van der Waals surface area contributed by atoms with Gasteiger partial charge in [-0.25, -0.2) is 8.78 Å². The minimum atomic E-state index is -0.983. The number of hydrogen-bond acceptors (Lipinski definition) is 4. The zero-order valence-electron chi connectivity index (χ0n) is 13.0. The zero-order chi connectivity index (χ0) is 16.9. The van der Waals surface area contributed by atoms with Crippen LogP contribution in [0.15, 0.2) is 42.7 Å². The van der Waals surface area contributed by atoms with E-state index in [-0.39, 0.29) is 24.2 Å². The van der Waals surface area contributed by atoms with Crippen molar-refractivity contribution < 1.29 is 13.6 Å². The number of benzene rings is 1. The Kier molecular flexibility index (Phi) is 5.12. The highest BCUT2D eigenvalue weighted by molar-refractivity contribution is 5.92.